The van der Waals surface area contributed by atoms with Crippen molar-refractivity contribution in [1.29, 1.82) is 0 Å². The number of ether oxygens (including phenoxy) is 1. The average molecular weight is 220 g/mol. The lowest BCUT2D eigenvalue weighted by Crippen LogP contribution is -1.96. The molecule has 0 radical (unpaired) electrons. The van der Waals surface area contributed by atoms with Crippen molar-refractivity contribution in [3.63, 3.8) is 0 Å². The van der Waals surface area contributed by atoms with E-state index in [1.165, 1.54) is 23.1 Å². The SMILES string of the molecule is COCc1nnc(SCC(=O)O)s1. The summed E-state index contributed by atoms with van der Waals surface area (Å²) in [4.78, 5) is 10.2. The molecule has 0 aliphatic heterocycles. The summed E-state index contributed by atoms with van der Waals surface area (Å²) in [5.41, 5.74) is 0. The van der Waals surface area contributed by atoms with Crippen LogP contribution >= 0.6 is 23.1 Å². The van der Waals surface area contributed by atoms with Crippen LogP contribution in [0.15, 0.2) is 4.34 Å². The molecule has 1 rings (SSSR count). The molecule has 0 unspecified atom stereocenters. The van der Waals surface area contributed by atoms with Crippen LogP contribution in [-0.4, -0.2) is 34.1 Å². The number of hydrogen-bond donors (Lipinski definition) is 1. The van der Waals surface area contributed by atoms with Crippen LogP contribution in [0.5, 0.6) is 0 Å². The molecular weight excluding hydrogens is 212 g/mol. The van der Waals surface area contributed by atoms with E-state index in [2.05, 4.69) is 10.2 Å². The van der Waals surface area contributed by atoms with Crippen molar-refractivity contribution in [2.75, 3.05) is 12.9 Å². The van der Waals surface area contributed by atoms with Crippen molar-refractivity contribution < 1.29 is 14.6 Å². The summed E-state index contributed by atoms with van der Waals surface area (Å²) >= 11 is 2.52. The van der Waals surface area contributed by atoms with Crippen molar-refractivity contribution in [3.05, 3.63) is 5.01 Å². The van der Waals surface area contributed by atoms with Crippen LogP contribution in [0.2, 0.25) is 0 Å². The first-order valence-corrected chi connectivity index (χ1v) is 5.18. The zero-order chi connectivity index (χ0) is 9.68. The summed E-state index contributed by atoms with van der Waals surface area (Å²) < 4.78 is 5.51. The molecular formula is C6H8N2O3S2. The van der Waals surface area contributed by atoms with Gasteiger partial charge >= 0.3 is 5.97 Å². The Balaban J connectivity index is 2.44. The molecule has 1 heterocycles. The summed E-state index contributed by atoms with van der Waals surface area (Å²) in [6, 6.07) is 0. The number of aliphatic carboxylic acids is 1. The fourth-order valence-electron chi connectivity index (χ4n) is 0.602. The molecule has 0 aromatic carbocycles. The van der Waals surface area contributed by atoms with Crippen LogP contribution in [0.4, 0.5) is 0 Å². The molecule has 1 N–H and O–H groups in total. The van der Waals surface area contributed by atoms with Gasteiger partial charge in [-0.3, -0.25) is 4.79 Å². The largest absolute Gasteiger partial charge is 0.481 e. The van der Waals surface area contributed by atoms with Crippen LogP contribution in [0.1, 0.15) is 5.01 Å². The molecule has 1 aromatic rings. The van der Waals surface area contributed by atoms with Crippen molar-refractivity contribution in [1.82, 2.24) is 10.2 Å². The molecule has 1 aromatic heterocycles. The summed E-state index contributed by atoms with van der Waals surface area (Å²) in [5, 5.41) is 16.8. The molecule has 0 amide bonds. The maximum absolute atomic E-state index is 10.2. The number of hydrogen-bond acceptors (Lipinski definition) is 6. The second kappa shape index (κ2) is 5.15. The van der Waals surface area contributed by atoms with Crippen molar-refractivity contribution in [2.24, 2.45) is 0 Å². The van der Waals surface area contributed by atoms with Gasteiger partial charge in [0.2, 0.25) is 0 Å². The lowest BCUT2D eigenvalue weighted by atomic mass is 10.8. The third-order valence-corrected chi connectivity index (χ3v) is 3.05. The van der Waals surface area contributed by atoms with E-state index in [4.69, 9.17) is 9.84 Å². The van der Waals surface area contributed by atoms with Gasteiger partial charge in [-0.15, -0.1) is 10.2 Å². The van der Waals surface area contributed by atoms with Gasteiger partial charge in [0, 0.05) is 7.11 Å². The number of thioether (sulfide) groups is 1. The highest BCUT2D eigenvalue weighted by Crippen LogP contribution is 2.22. The average Bonchev–Trinajstić information content (AvgIpc) is 2.50. The van der Waals surface area contributed by atoms with E-state index in [0.717, 1.165) is 5.01 Å². The van der Waals surface area contributed by atoms with Gasteiger partial charge in [-0.2, -0.15) is 0 Å². The Morgan fingerprint density at radius 3 is 3.08 bits per heavy atom. The fourth-order valence-corrected chi connectivity index (χ4v) is 2.19. The van der Waals surface area contributed by atoms with E-state index in [1.54, 1.807) is 7.11 Å². The minimum absolute atomic E-state index is 0.0155. The first-order chi connectivity index (χ1) is 6.22. The monoisotopic (exact) mass is 220 g/mol. The molecule has 0 saturated heterocycles. The smallest absolute Gasteiger partial charge is 0.313 e. The lowest BCUT2D eigenvalue weighted by Gasteiger charge is -1.89. The molecule has 7 heteroatoms. The number of carboxylic acids is 1. The molecule has 0 fully saturated rings. The molecule has 0 saturated carbocycles. The van der Waals surface area contributed by atoms with E-state index < -0.39 is 5.97 Å². The summed E-state index contributed by atoms with van der Waals surface area (Å²) in [7, 11) is 1.57. The van der Waals surface area contributed by atoms with E-state index in [9.17, 15) is 4.79 Å². The van der Waals surface area contributed by atoms with Gasteiger partial charge in [0.25, 0.3) is 0 Å². The normalized spacial score (nSPS) is 10.2. The Morgan fingerprint density at radius 1 is 1.69 bits per heavy atom. The van der Waals surface area contributed by atoms with Crippen LogP contribution in [-0.2, 0) is 16.1 Å². The first-order valence-electron chi connectivity index (χ1n) is 3.38. The molecule has 0 aliphatic carbocycles. The van der Waals surface area contributed by atoms with Gasteiger partial charge < -0.3 is 9.84 Å². The van der Waals surface area contributed by atoms with E-state index in [-0.39, 0.29) is 5.75 Å². The standard InChI is InChI=1S/C6H8N2O3S2/c1-11-2-4-7-8-6(13-4)12-3-5(9)10/h2-3H2,1H3,(H,9,10). The highest BCUT2D eigenvalue weighted by atomic mass is 32.2. The van der Waals surface area contributed by atoms with Crippen LogP contribution in [0.3, 0.4) is 0 Å². The number of methoxy groups -OCH3 is 1. The van der Waals surface area contributed by atoms with Crippen molar-refractivity contribution in [2.45, 2.75) is 10.9 Å². The van der Waals surface area contributed by atoms with Gasteiger partial charge in [-0.1, -0.05) is 23.1 Å². The predicted molar refractivity (Wildman–Crippen MR) is 49.0 cm³/mol. The molecule has 5 nitrogen and oxygen atoms in total. The minimum Gasteiger partial charge on any atom is -0.481 e. The Hall–Kier alpha value is -0.660. The number of aromatic nitrogens is 2. The maximum Gasteiger partial charge on any atom is 0.313 e. The summed E-state index contributed by atoms with van der Waals surface area (Å²) in [5.74, 6) is -0.838. The number of carbonyl (C=O) groups is 1. The molecule has 13 heavy (non-hydrogen) atoms. The van der Waals surface area contributed by atoms with Gasteiger partial charge in [-0.25, -0.2) is 0 Å². The highest BCUT2D eigenvalue weighted by Gasteiger charge is 2.06. The number of carboxylic acid groups (broad SMARTS) is 1. The zero-order valence-electron chi connectivity index (χ0n) is 6.89. The number of nitrogens with zero attached hydrogens (tertiary/aromatic N) is 2. The third-order valence-electron chi connectivity index (χ3n) is 1.04. The van der Waals surface area contributed by atoms with Gasteiger partial charge in [0.15, 0.2) is 4.34 Å². The molecule has 0 atom stereocenters. The summed E-state index contributed by atoms with van der Waals surface area (Å²) in [6.45, 7) is 0.422. The molecule has 0 aliphatic rings. The quantitative estimate of drug-likeness (QED) is 0.742. The van der Waals surface area contributed by atoms with Gasteiger partial charge in [0.1, 0.15) is 5.01 Å². The maximum atomic E-state index is 10.2. The highest BCUT2D eigenvalue weighted by molar-refractivity contribution is 8.01. The minimum atomic E-state index is -0.853. The fraction of sp³-hybridized carbons (Fsp3) is 0.500. The first kappa shape index (κ1) is 10.4. The Morgan fingerprint density at radius 2 is 2.46 bits per heavy atom. The Labute approximate surface area is 83.1 Å². The molecule has 0 spiro atoms. The number of rotatable bonds is 5. The predicted octanol–water partition coefficient (Wildman–Crippen LogP) is 0.861. The van der Waals surface area contributed by atoms with E-state index in [0.29, 0.717) is 10.9 Å². The molecule has 0 bridgehead atoms. The van der Waals surface area contributed by atoms with E-state index >= 15 is 0 Å². The lowest BCUT2D eigenvalue weighted by molar-refractivity contribution is -0.133. The van der Waals surface area contributed by atoms with Gasteiger partial charge in [-0.05, 0) is 0 Å². The summed E-state index contributed by atoms with van der Waals surface area (Å²) in [6.07, 6.45) is 0. The van der Waals surface area contributed by atoms with Crippen LogP contribution in [0.25, 0.3) is 0 Å². The topological polar surface area (TPSA) is 72.3 Å². The van der Waals surface area contributed by atoms with Crippen LogP contribution < -0.4 is 0 Å². The second-order valence-corrected chi connectivity index (χ2v) is 4.36. The second-order valence-electron chi connectivity index (χ2n) is 2.08. The Bertz CT molecular complexity index is 289. The molecule has 72 valence electrons. The van der Waals surface area contributed by atoms with Crippen LogP contribution in [0, 0.1) is 0 Å². The van der Waals surface area contributed by atoms with E-state index in [1.807, 2.05) is 0 Å². The zero-order valence-corrected chi connectivity index (χ0v) is 8.52. The van der Waals surface area contributed by atoms with Crippen molar-refractivity contribution >= 4 is 29.1 Å². The third kappa shape index (κ3) is 3.71. The van der Waals surface area contributed by atoms with Crippen molar-refractivity contribution in [3.8, 4) is 0 Å². The van der Waals surface area contributed by atoms with Gasteiger partial charge in [0.05, 0.1) is 12.4 Å². The Kier molecular flexibility index (Phi) is 4.13.